The van der Waals surface area contributed by atoms with E-state index in [-0.39, 0.29) is 5.92 Å². The molecule has 3 rings (SSSR count). The Morgan fingerprint density at radius 1 is 1.32 bits per heavy atom. The van der Waals surface area contributed by atoms with Crippen LogP contribution in [-0.4, -0.2) is 60.0 Å². The molecule has 1 aromatic rings. The Morgan fingerprint density at radius 3 is 2.84 bits per heavy atom. The van der Waals surface area contributed by atoms with Crippen LogP contribution in [0.5, 0.6) is 0 Å². The Hall–Kier alpha value is -2.95. The first-order valence-corrected chi connectivity index (χ1v) is 11.1. The lowest BCUT2D eigenvalue weighted by atomic mass is 9.73. The van der Waals surface area contributed by atoms with Crippen LogP contribution >= 0.6 is 11.3 Å². The fourth-order valence-corrected chi connectivity index (χ4v) is 4.63. The van der Waals surface area contributed by atoms with Crippen LogP contribution in [0.4, 0.5) is 9.59 Å². The Bertz CT molecular complexity index is 858. The molecule has 2 aliphatic rings. The molecule has 1 aliphatic carbocycles. The largest absolute Gasteiger partial charge is 0.454 e. The van der Waals surface area contributed by atoms with E-state index < -0.39 is 48.5 Å². The average Bonchev–Trinajstić information content (AvgIpc) is 3.32. The van der Waals surface area contributed by atoms with Gasteiger partial charge in [-0.05, 0) is 36.6 Å². The molecule has 2 atom stereocenters. The molecule has 1 spiro atoms. The highest BCUT2D eigenvalue weighted by Gasteiger charge is 2.55. The summed E-state index contributed by atoms with van der Waals surface area (Å²) in [6, 6.07) is 2.52. The second-order valence-electron chi connectivity index (χ2n) is 7.73. The monoisotopic (exact) mass is 450 g/mol. The van der Waals surface area contributed by atoms with E-state index in [1.165, 1.54) is 0 Å². The van der Waals surface area contributed by atoms with Gasteiger partial charge in [0.05, 0.1) is 0 Å². The van der Waals surface area contributed by atoms with Gasteiger partial charge in [-0.1, -0.05) is 25.8 Å². The third-order valence-electron chi connectivity index (χ3n) is 5.64. The van der Waals surface area contributed by atoms with Gasteiger partial charge in [-0.2, -0.15) is 0 Å². The van der Waals surface area contributed by atoms with Crippen molar-refractivity contribution in [1.29, 1.82) is 0 Å². The van der Waals surface area contributed by atoms with Crippen LogP contribution in [0.1, 0.15) is 37.5 Å². The number of urea groups is 2. The van der Waals surface area contributed by atoms with Gasteiger partial charge in [-0.15, -0.1) is 11.3 Å². The second kappa shape index (κ2) is 9.90. The van der Waals surface area contributed by atoms with Crippen molar-refractivity contribution in [3.05, 3.63) is 22.4 Å². The lowest BCUT2D eigenvalue weighted by Gasteiger charge is -2.36. The van der Waals surface area contributed by atoms with E-state index >= 15 is 0 Å². The summed E-state index contributed by atoms with van der Waals surface area (Å²) in [5.41, 5.74) is -0.964. The zero-order valence-corrected chi connectivity index (χ0v) is 18.1. The molecule has 2 fully saturated rings. The summed E-state index contributed by atoms with van der Waals surface area (Å²) in [5, 5.41) is 9.27. The molecule has 31 heavy (non-hydrogen) atoms. The van der Waals surface area contributed by atoms with E-state index in [1.54, 1.807) is 11.3 Å². The number of hydrogen-bond acceptors (Lipinski definition) is 7. The number of carbonyl (C=O) groups excluding carboxylic acids is 5. The molecule has 0 bridgehead atoms. The molecule has 0 radical (unpaired) electrons. The number of esters is 1. The van der Waals surface area contributed by atoms with Crippen LogP contribution < -0.4 is 16.0 Å². The number of carbonyl (C=O) groups is 5. The van der Waals surface area contributed by atoms with Crippen molar-refractivity contribution in [2.75, 3.05) is 19.7 Å². The third-order valence-corrected chi connectivity index (χ3v) is 6.58. The molecule has 168 valence electrons. The van der Waals surface area contributed by atoms with E-state index in [0.717, 1.165) is 29.0 Å². The first-order chi connectivity index (χ1) is 14.8. The third kappa shape index (κ3) is 5.40. The molecule has 3 N–H and O–H groups in total. The Morgan fingerprint density at radius 2 is 2.13 bits per heavy atom. The van der Waals surface area contributed by atoms with E-state index in [1.807, 2.05) is 24.4 Å². The molecular formula is C20H26N4O6S. The number of thiophene rings is 1. The molecule has 1 saturated heterocycles. The van der Waals surface area contributed by atoms with Crippen molar-refractivity contribution in [2.24, 2.45) is 5.92 Å². The fourth-order valence-electron chi connectivity index (χ4n) is 3.92. The highest BCUT2D eigenvalue weighted by molar-refractivity contribution is 7.09. The van der Waals surface area contributed by atoms with E-state index in [9.17, 15) is 24.0 Å². The van der Waals surface area contributed by atoms with Crippen molar-refractivity contribution in [3.8, 4) is 0 Å². The maximum atomic E-state index is 12.8. The predicted molar refractivity (Wildman–Crippen MR) is 111 cm³/mol. The minimum Gasteiger partial charge on any atom is -0.454 e. The van der Waals surface area contributed by atoms with Crippen molar-refractivity contribution in [3.63, 3.8) is 0 Å². The Kier molecular flexibility index (Phi) is 7.26. The molecule has 11 heteroatoms. The van der Waals surface area contributed by atoms with Crippen LogP contribution in [-0.2, 0) is 25.5 Å². The number of amides is 6. The Balaban J connectivity index is 1.39. The van der Waals surface area contributed by atoms with Crippen LogP contribution in [0.3, 0.4) is 0 Å². The van der Waals surface area contributed by atoms with Gasteiger partial charge >= 0.3 is 18.0 Å². The minimum absolute atomic E-state index is 0.0252. The normalized spacial score (nSPS) is 22.9. The summed E-state index contributed by atoms with van der Waals surface area (Å²) in [6.07, 6.45) is 3.81. The van der Waals surface area contributed by atoms with E-state index in [2.05, 4.69) is 16.0 Å². The number of hydrogen-bond donors (Lipinski definition) is 3. The summed E-state index contributed by atoms with van der Waals surface area (Å²) in [5.74, 6) is -2.17. The number of rotatable bonds is 7. The van der Waals surface area contributed by atoms with Gasteiger partial charge in [0.25, 0.3) is 11.8 Å². The Labute approximate surface area is 183 Å². The van der Waals surface area contributed by atoms with Gasteiger partial charge in [-0.25, -0.2) is 9.59 Å². The molecule has 10 nitrogen and oxygen atoms in total. The molecule has 1 aliphatic heterocycles. The topological polar surface area (TPSA) is 134 Å². The standard InChI is InChI=1S/C20H26N4O6S/c1-13-5-2-3-8-20(13)17(27)24(19(29)23-20)11-16(26)30-12-15(25)22-18(28)21-9-7-14-6-4-10-31-14/h4,6,10,13H,2-3,5,7-9,11-12H2,1H3,(H,23,29)(H2,21,22,25,28). The van der Waals surface area contributed by atoms with Crippen molar-refractivity contribution < 1.29 is 28.7 Å². The summed E-state index contributed by atoms with van der Waals surface area (Å²) in [7, 11) is 0. The molecule has 2 unspecified atom stereocenters. The summed E-state index contributed by atoms with van der Waals surface area (Å²) in [6.45, 7) is 0.989. The lowest BCUT2D eigenvalue weighted by molar-refractivity contribution is -0.151. The van der Waals surface area contributed by atoms with Gasteiger partial charge in [0, 0.05) is 11.4 Å². The quantitative estimate of drug-likeness (QED) is 0.422. The van der Waals surface area contributed by atoms with Crippen molar-refractivity contribution >= 4 is 41.2 Å². The maximum Gasteiger partial charge on any atom is 0.326 e. The van der Waals surface area contributed by atoms with Crippen molar-refractivity contribution in [1.82, 2.24) is 20.9 Å². The van der Waals surface area contributed by atoms with Gasteiger partial charge in [-0.3, -0.25) is 24.6 Å². The van der Waals surface area contributed by atoms with Crippen LogP contribution in [0.2, 0.25) is 0 Å². The zero-order valence-electron chi connectivity index (χ0n) is 17.3. The van der Waals surface area contributed by atoms with Crippen LogP contribution in [0.25, 0.3) is 0 Å². The second-order valence-corrected chi connectivity index (χ2v) is 8.77. The first-order valence-electron chi connectivity index (χ1n) is 10.2. The van der Waals surface area contributed by atoms with Gasteiger partial charge in [0.2, 0.25) is 0 Å². The van der Waals surface area contributed by atoms with Gasteiger partial charge in [0.1, 0.15) is 12.1 Å². The average molecular weight is 451 g/mol. The summed E-state index contributed by atoms with van der Waals surface area (Å²) in [4.78, 5) is 62.6. The number of imide groups is 2. The fraction of sp³-hybridized carbons (Fsp3) is 0.550. The molecule has 1 saturated carbocycles. The van der Waals surface area contributed by atoms with E-state index in [0.29, 0.717) is 19.4 Å². The summed E-state index contributed by atoms with van der Waals surface area (Å²) < 4.78 is 4.83. The highest BCUT2D eigenvalue weighted by Crippen LogP contribution is 2.38. The predicted octanol–water partition coefficient (Wildman–Crippen LogP) is 1.16. The molecule has 6 amide bonds. The number of nitrogens with zero attached hydrogens (tertiary/aromatic N) is 1. The van der Waals surface area contributed by atoms with Crippen LogP contribution in [0, 0.1) is 5.92 Å². The number of nitrogens with one attached hydrogen (secondary N) is 3. The summed E-state index contributed by atoms with van der Waals surface area (Å²) >= 11 is 1.57. The highest BCUT2D eigenvalue weighted by atomic mass is 32.1. The van der Waals surface area contributed by atoms with Gasteiger partial charge < -0.3 is 15.4 Å². The van der Waals surface area contributed by atoms with E-state index in [4.69, 9.17) is 4.74 Å². The zero-order chi connectivity index (χ0) is 22.4. The van der Waals surface area contributed by atoms with Crippen molar-refractivity contribution in [2.45, 2.75) is 44.6 Å². The lowest BCUT2D eigenvalue weighted by Crippen LogP contribution is -2.54. The molecule has 2 heterocycles. The molecule has 0 aromatic carbocycles. The first kappa shape index (κ1) is 22.7. The smallest absolute Gasteiger partial charge is 0.326 e. The minimum atomic E-state index is -0.964. The maximum absolute atomic E-state index is 12.8. The number of ether oxygens (including phenoxy) is 1. The SMILES string of the molecule is CC1CCCCC12NC(=O)N(CC(=O)OCC(=O)NC(=O)NCCc1cccs1)C2=O. The van der Waals surface area contributed by atoms with Crippen LogP contribution in [0.15, 0.2) is 17.5 Å². The van der Waals surface area contributed by atoms with Gasteiger partial charge in [0.15, 0.2) is 6.61 Å². The molecular weight excluding hydrogens is 424 g/mol. The molecule has 1 aromatic heterocycles.